The smallest absolute Gasteiger partial charge is 0.217 e. The lowest BCUT2D eigenvalue weighted by Crippen LogP contribution is -2.25. The molecule has 0 atom stereocenters. The van der Waals surface area contributed by atoms with Gasteiger partial charge in [-0.05, 0) is 38.0 Å². The molecule has 0 unspecified atom stereocenters. The Morgan fingerprint density at radius 3 is 2.40 bits per heavy atom. The number of hydrogen-bond donors (Lipinski definition) is 1. The van der Waals surface area contributed by atoms with Crippen molar-refractivity contribution in [1.29, 1.82) is 0 Å². The summed E-state index contributed by atoms with van der Waals surface area (Å²) in [4.78, 5) is 10.7. The second kappa shape index (κ2) is 7.94. The molecule has 0 heterocycles. The third-order valence-corrected chi connectivity index (χ3v) is 2.84. The van der Waals surface area contributed by atoms with Gasteiger partial charge in [-0.25, -0.2) is 0 Å². The summed E-state index contributed by atoms with van der Waals surface area (Å²) in [5.74, 6) is 0.344. The van der Waals surface area contributed by atoms with E-state index in [9.17, 15) is 4.79 Å². The van der Waals surface area contributed by atoms with Crippen molar-refractivity contribution in [3.63, 3.8) is 0 Å². The Kier molecular flexibility index (Phi) is 7.79. The molecule has 15 heavy (non-hydrogen) atoms. The van der Waals surface area contributed by atoms with E-state index in [2.05, 4.69) is 6.92 Å². The number of carbonyl (C=O) groups is 1. The molecule has 1 aliphatic rings. The number of nitrogens with two attached hydrogens (primary N) is 1. The summed E-state index contributed by atoms with van der Waals surface area (Å²) in [6, 6.07) is 0. The summed E-state index contributed by atoms with van der Waals surface area (Å²) in [5.41, 5.74) is 5.17. The van der Waals surface area contributed by atoms with Crippen LogP contribution < -0.4 is 5.73 Å². The number of halogens is 1. The van der Waals surface area contributed by atoms with Crippen molar-refractivity contribution < 1.29 is 9.53 Å². The first-order valence-corrected chi connectivity index (χ1v) is 5.62. The first-order valence-electron chi connectivity index (χ1n) is 5.62. The van der Waals surface area contributed by atoms with Gasteiger partial charge in [0.05, 0.1) is 6.10 Å². The molecule has 1 aliphatic carbocycles. The highest BCUT2D eigenvalue weighted by Crippen LogP contribution is 2.28. The molecule has 1 rings (SSSR count). The Bertz CT molecular complexity index is 179. The Labute approximate surface area is 98.2 Å². The maximum Gasteiger partial charge on any atom is 0.217 e. The summed E-state index contributed by atoms with van der Waals surface area (Å²) in [5, 5.41) is 0. The average molecular weight is 236 g/mol. The minimum Gasteiger partial charge on any atom is -0.378 e. The molecule has 0 saturated heterocycles. The van der Waals surface area contributed by atoms with E-state index in [1.54, 1.807) is 0 Å². The molecular formula is C11H22ClNO2. The van der Waals surface area contributed by atoms with Crippen molar-refractivity contribution in [2.75, 3.05) is 6.61 Å². The minimum atomic E-state index is -0.164. The van der Waals surface area contributed by atoms with Crippen LogP contribution in [-0.2, 0) is 9.53 Å². The predicted molar refractivity (Wildman–Crippen MR) is 63.0 cm³/mol. The van der Waals surface area contributed by atoms with Gasteiger partial charge in [-0.3, -0.25) is 4.79 Å². The van der Waals surface area contributed by atoms with Crippen molar-refractivity contribution in [2.45, 2.75) is 51.6 Å². The third-order valence-electron chi connectivity index (χ3n) is 2.84. The molecule has 0 aromatic rings. The maximum absolute atomic E-state index is 10.7. The first-order chi connectivity index (χ1) is 6.72. The van der Waals surface area contributed by atoms with Gasteiger partial charge >= 0.3 is 0 Å². The molecule has 0 aliphatic heterocycles. The first kappa shape index (κ1) is 14.7. The largest absolute Gasteiger partial charge is 0.378 e. The van der Waals surface area contributed by atoms with Crippen molar-refractivity contribution in [3.8, 4) is 0 Å². The van der Waals surface area contributed by atoms with E-state index >= 15 is 0 Å². The lowest BCUT2D eigenvalue weighted by atomic mass is 9.85. The summed E-state index contributed by atoms with van der Waals surface area (Å²) < 4.78 is 5.67. The van der Waals surface area contributed by atoms with Gasteiger partial charge in [0.25, 0.3) is 0 Å². The van der Waals surface area contributed by atoms with Crippen LogP contribution in [0.3, 0.4) is 0 Å². The highest BCUT2D eigenvalue weighted by molar-refractivity contribution is 5.85. The van der Waals surface area contributed by atoms with Crippen LogP contribution in [0.4, 0.5) is 0 Å². The van der Waals surface area contributed by atoms with Crippen LogP contribution in [0.25, 0.3) is 0 Å². The summed E-state index contributed by atoms with van der Waals surface area (Å²) in [6.07, 6.45) is 6.45. The fourth-order valence-corrected chi connectivity index (χ4v) is 2.07. The lowest BCUT2D eigenvalue weighted by molar-refractivity contribution is -0.119. The topological polar surface area (TPSA) is 52.3 Å². The molecule has 4 heteroatoms. The summed E-state index contributed by atoms with van der Waals surface area (Å²) >= 11 is 0. The Balaban J connectivity index is 0.00000196. The third kappa shape index (κ3) is 6.00. The monoisotopic (exact) mass is 235 g/mol. The molecule has 0 radical (unpaired) electrons. The van der Waals surface area contributed by atoms with Crippen LogP contribution in [0, 0.1) is 5.92 Å². The van der Waals surface area contributed by atoms with Crippen LogP contribution in [0.2, 0.25) is 0 Å². The van der Waals surface area contributed by atoms with Crippen LogP contribution in [-0.4, -0.2) is 18.6 Å². The van der Waals surface area contributed by atoms with E-state index in [1.165, 1.54) is 0 Å². The lowest BCUT2D eigenvalue weighted by Gasteiger charge is -2.27. The van der Waals surface area contributed by atoms with Gasteiger partial charge in [0.1, 0.15) is 0 Å². The van der Waals surface area contributed by atoms with Crippen LogP contribution >= 0.6 is 12.4 Å². The highest BCUT2D eigenvalue weighted by Gasteiger charge is 2.22. The van der Waals surface area contributed by atoms with Crippen molar-refractivity contribution in [3.05, 3.63) is 0 Å². The van der Waals surface area contributed by atoms with Gasteiger partial charge in [0.2, 0.25) is 5.91 Å². The number of primary amides is 1. The molecule has 1 saturated carbocycles. The van der Waals surface area contributed by atoms with E-state index in [-0.39, 0.29) is 18.3 Å². The van der Waals surface area contributed by atoms with E-state index in [1.807, 2.05) is 0 Å². The van der Waals surface area contributed by atoms with Gasteiger partial charge in [-0.1, -0.05) is 6.92 Å². The molecule has 1 fully saturated rings. The van der Waals surface area contributed by atoms with Gasteiger partial charge in [0, 0.05) is 13.0 Å². The summed E-state index contributed by atoms with van der Waals surface area (Å²) in [6.45, 7) is 2.99. The fourth-order valence-electron chi connectivity index (χ4n) is 2.07. The zero-order chi connectivity index (χ0) is 10.4. The average Bonchev–Trinajstić information content (AvgIpc) is 2.16. The zero-order valence-electron chi connectivity index (χ0n) is 9.41. The fraction of sp³-hybridized carbons (Fsp3) is 0.909. The number of carbonyl (C=O) groups excluding carboxylic acids is 1. The molecule has 3 nitrogen and oxygen atoms in total. The van der Waals surface area contributed by atoms with Crippen molar-refractivity contribution >= 4 is 18.3 Å². The Hall–Kier alpha value is -0.280. The van der Waals surface area contributed by atoms with Crippen molar-refractivity contribution in [2.24, 2.45) is 11.7 Å². The van der Waals surface area contributed by atoms with Crippen LogP contribution in [0.15, 0.2) is 0 Å². The highest BCUT2D eigenvalue weighted by atomic mass is 35.5. The predicted octanol–water partition coefficient (Wildman–Crippen LogP) is 2.27. The number of rotatable bonds is 5. The molecule has 90 valence electrons. The Morgan fingerprint density at radius 2 is 1.93 bits per heavy atom. The van der Waals surface area contributed by atoms with Gasteiger partial charge < -0.3 is 10.5 Å². The van der Waals surface area contributed by atoms with E-state index in [4.69, 9.17) is 10.5 Å². The van der Waals surface area contributed by atoms with Crippen LogP contribution in [0.1, 0.15) is 45.4 Å². The van der Waals surface area contributed by atoms with Crippen LogP contribution in [0.5, 0.6) is 0 Å². The minimum absolute atomic E-state index is 0. The number of hydrogen-bond acceptors (Lipinski definition) is 2. The Morgan fingerprint density at radius 1 is 1.33 bits per heavy atom. The normalized spacial score (nSPS) is 25.7. The number of amides is 1. The molecule has 2 N–H and O–H groups in total. The molecule has 0 aromatic heterocycles. The quantitative estimate of drug-likeness (QED) is 0.795. The van der Waals surface area contributed by atoms with Crippen molar-refractivity contribution in [1.82, 2.24) is 0 Å². The number of ether oxygens (including phenoxy) is 1. The zero-order valence-corrected chi connectivity index (χ0v) is 10.2. The van der Waals surface area contributed by atoms with Gasteiger partial charge in [0.15, 0.2) is 0 Å². The molecule has 1 amide bonds. The van der Waals surface area contributed by atoms with Gasteiger partial charge in [-0.15, -0.1) is 12.4 Å². The standard InChI is InChI=1S/C11H21NO2.ClH/c1-2-7-14-10-5-3-9(4-6-10)8-11(12)13;/h9-10H,2-8H2,1H3,(H2,12,13);1H. The maximum atomic E-state index is 10.7. The molecule has 0 spiro atoms. The second-order valence-electron chi connectivity index (χ2n) is 4.18. The van der Waals surface area contributed by atoms with Gasteiger partial charge in [-0.2, -0.15) is 0 Å². The molecular weight excluding hydrogens is 214 g/mol. The van der Waals surface area contributed by atoms with E-state index in [0.29, 0.717) is 18.4 Å². The summed E-state index contributed by atoms with van der Waals surface area (Å²) in [7, 11) is 0. The SMILES string of the molecule is CCCOC1CCC(CC(N)=O)CC1.Cl. The molecule has 0 bridgehead atoms. The van der Waals surface area contributed by atoms with E-state index < -0.39 is 0 Å². The second-order valence-corrected chi connectivity index (χ2v) is 4.18. The van der Waals surface area contributed by atoms with E-state index in [0.717, 1.165) is 38.7 Å². The molecule has 0 aromatic carbocycles.